The van der Waals surface area contributed by atoms with Gasteiger partial charge in [0.25, 0.3) is 5.91 Å². The molecule has 1 aliphatic heterocycles. The number of methoxy groups -OCH3 is 2. The summed E-state index contributed by atoms with van der Waals surface area (Å²) in [5.41, 5.74) is 2.07. The zero-order valence-corrected chi connectivity index (χ0v) is 25.0. The second kappa shape index (κ2) is 15.2. The van der Waals surface area contributed by atoms with Crippen molar-refractivity contribution in [3.8, 4) is 11.5 Å². The molecule has 1 N–H and O–H groups in total. The molecule has 0 atom stereocenters. The van der Waals surface area contributed by atoms with Gasteiger partial charge in [-0.25, -0.2) is 4.98 Å². The number of para-hydroxylation sites is 2. The molecule has 0 unspecified atom stereocenters. The van der Waals surface area contributed by atoms with Crippen molar-refractivity contribution in [2.24, 2.45) is 0 Å². The van der Waals surface area contributed by atoms with Crippen LogP contribution in [0, 0.1) is 0 Å². The van der Waals surface area contributed by atoms with Gasteiger partial charge in [-0.15, -0.1) is 11.3 Å². The van der Waals surface area contributed by atoms with Crippen LogP contribution in [0.4, 0.5) is 10.8 Å². The van der Waals surface area contributed by atoms with E-state index in [0.717, 1.165) is 11.4 Å². The zero-order chi connectivity index (χ0) is 29.9. The highest BCUT2D eigenvalue weighted by Crippen LogP contribution is 2.29. The van der Waals surface area contributed by atoms with Gasteiger partial charge in [-0.2, -0.15) is 0 Å². The van der Waals surface area contributed by atoms with Crippen LogP contribution in [0.25, 0.3) is 0 Å². The standard InChI is InChI=1S/C30H37N5O6S/c1-4-41-26-8-6-5-7-25(26)33-13-15-34(16-14-33)28(37)19-23-21-42-30(31-23)32-27(36)20-35(17-18-39-2)29(38)22-9-11-24(40-3)12-10-22/h5-12,21H,4,13-20H2,1-3H3,(H,31,32,36). The number of hydrogen-bond acceptors (Lipinski definition) is 9. The van der Waals surface area contributed by atoms with E-state index in [2.05, 4.69) is 15.2 Å². The van der Waals surface area contributed by atoms with Crippen molar-refractivity contribution in [2.75, 3.05) is 76.9 Å². The molecular weight excluding hydrogens is 558 g/mol. The van der Waals surface area contributed by atoms with Crippen molar-refractivity contribution in [3.05, 3.63) is 65.2 Å². The molecule has 3 amide bonds. The van der Waals surface area contributed by atoms with Crippen LogP contribution in [0.2, 0.25) is 0 Å². The molecule has 0 saturated carbocycles. The Kier molecular flexibility index (Phi) is 11.1. The number of nitrogens with one attached hydrogen (secondary N) is 1. The predicted octanol–water partition coefficient (Wildman–Crippen LogP) is 3.17. The largest absolute Gasteiger partial charge is 0.497 e. The number of thiazole rings is 1. The highest BCUT2D eigenvalue weighted by Gasteiger charge is 2.24. The first kappa shape index (κ1) is 30.8. The van der Waals surface area contributed by atoms with Crippen molar-refractivity contribution in [1.29, 1.82) is 0 Å². The minimum atomic E-state index is -0.386. The van der Waals surface area contributed by atoms with Gasteiger partial charge in [0.1, 0.15) is 18.0 Å². The van der Waals surface area contributed by atoms with E-state index in [9.17, 15) is 14.4 Å². The van der Waals surface area contributed by atoms with Crippen molar-refractivity contribution < 1.29 is 28.6 Å². The van der Waals surface area contributed by atoms with Crippen molar-refractivity contribution in [2.45, 2.75) is 13.3 Å². The maximum atomic E-state index is 13.0. The second-order valence-corrected chi connectivity index (χ2v) is 10.4. The number of hydrogen-bond donors (Lipinski definition) is 1. The maximum absolute atomic E-state index is 13.0. The molecular formula is C30H37N5O6S. The van der Waals surface area contributed by atoms with E-state index in [1.165, 1.54) is 23.3 Å². The van der Waals surface area contributed by atoms with Crippen molar-refractivity contribution >= 4 is 39.9 Å². The summed E-state index contributed by atoms with van der Waals surface area (Å²) in [5, 5.41) is 4.91. The van der Waals surface area contributed by atoms with E-state index in [1.54, 1.807) is 36.8 Å². The van der Waals surface area contributed by atoms with Crippen LogP contribution in [0.5, 0.6) is 11.5 Å². The number of carbonyl (C=O) groups is 3. The molecule has 11 nitrogen and oxygen atoms in total. The summed E-state index contributed by atoms with van der Waals surface area (Å²) in [6.45, 7) is 5.55. The third-order valence-corrected chi connectivity index (χ3v) is 7.60. The molecule has 0 spiro atoms. The average Bonchev–Trinajstić information content (AvgIpc) is 3.45. The molecule has 1 aliphatic rings. The Morgan fingerprint density at radius 3 is 2.45 bits per heavy atom. The summed E-state index contributed by atoms with van der Waals surface area (Å²) >= 11 is 1.25. The molecule has 1 aromatic heterocycles. The lowest BCUT2D eigenvalue weighted by Gasteiger charge is -2.36. The van der Waals surface area contributed by atoms with Crippen LogP contribution in [-0.4, -0.2) is 99.2 Å². The van der Waals surface area contributed by atoms with Gasteiger partial charge in [0, 0.05) is 50.8 Å². The molecule has 12 heteroatoms. The lowest BCUT2D eigenvalue weighted by atomic mass is 10.2. The van der Waals surface area contributed by atoms with E-state index >= 15 is 0 Å². The van der Waals surface area contributed by atoms with Crippen LogP contribution in [0.15, 0.2) is 53.9 Å². The number of anilines is 2. The van der Waals surface area contributed by atoms with Crippen molar-refractivity contribution in [3.63, 3.8) is 0 Å². The monoisotopic (exact) mass is 595 g/mol. The first-order valence-corrected chi connectivity index (χ1v) is 14.7. The number of carbonyl (C=O) groups excluding carboxylic acids is 3. The van der Waals surface area contributed by atoms with Gasteiger partial charge in [0.15, 0.2) is 5.13 Å². The summed E-state index contributed by atoms with van der Waals surface area (Å²) in [4.78, 5) is 48.8. The SMILES string of the molecule is CCOc1ccccc1N1CCN(C(=O)Cc2csc(NC(=O)CN(CCOC)C(=O)c3ccc(OC)cc3)n2)CC1. The molecule has 2 heterocycles. The number of nitrogens with zero attached hydrogens (tertiary/aromatic N) is 4. The Bertz CT molecular complexity index is 1340. The van der Waals surface area contributed by atoms with E-state index in [-0.39, 0.29) is 43.8 Å². The van der Waals surface area contributed by atoms with Crippen LogP contribution in [0.3, 0.4) is 0 Å². The van der Waals surface area contributed by atoms with Crippen molar-refractivity contribution in [1.82, 2.24) is 14.8 Å². The molecule has 1 saturated heterocycles. The van der Waals surface area contributed by atoms with E-state index < -0.39 is 0 Å². The Balaban J connectivity index is 1.28. The van der Waals surface area contributed by atoms with Gasteiger partial charge in [-0.3, -0.25) is 14.4 Å². The lowest BCUT2D eigenvalue weighted by Crippen LogP contribution is -2.49. The minimum Gasteiger partial charge on any atom is -0.497 e. The van der Waals surface area contributed by atoms with Crippen LogP contribution in [-0.2, 0) is 20.7 Å². The summed E-state index contributed by atoms with van der Waals surface area (Å²) in [5.74, 6) is 0.798. The van der Waals surface area contributed by atoms with Gasteiger partial charge in [-0.1, -0.05) is 12.1 Å². The lowest BCUT2D eigenvalue weighted by molar-refractivity contribution is -0.130. The number of benzene rings is 2. The summed E-state index contributed by atoms with van der Waals surface area (Å²) < 4.78 is 16.0. The molecule has 0 bridgehead atoms. The second-order valence-electron chi connectivity index (χ2n) is 9.59. The van der Waals surface area contributed by atoms with Gasteiger partial charge >= 0.3 is 0 Å². The third-order valence-electron chi connectivity index (χ3n) is 6.79. The number of aromatic nitrogens is 1. The van der Waals surface area contributed by atoms with Gasteiger partial charge in [-0.05, 0) is 43.3 Å². The molecule has 224 valence electrons. The molecule has 0 radical (unpaired) electrons. The Hall–Kier alpha value is -4.16. The van der Waals surface area contributed by atoms with Gasteiger partial charge < -0.3 is 34.2 Å². The molecule has 42 heavy (non-hydrogen) atoms. The van der Waals surface area contributed by atoms with Crippen LogP contribution >= 0.6 is 11.3 Å². The topological polar surface area (TPSA) is 114 Å². The Morgan fingerprint density at radius 2 is 1.76 bits per heavy atom. The van der Waals surface area contributed by atoms with E-state index in [4.69, 9.17) is 14.2 Å². The van der Waals surface area contributed by atoms with Crippen LogP contribution in [0.1, 0.15) is 23.0 Å². The highest BCUT2D eigenvalue weighted by molar-refractivity contribution is 7.13. The smallest absolute Gasteiger partial charge is 0.254 e. The minimum absolute atomic E-state index is 0.00764. The number of amides is 3. The van der Waals surface area contributed by atoms with E-state index in [1.807, 2.05) is 36.1 Å². The van der Waals surface area contributed by atoms with Gasteiger partial charge in [0.2, 0.25) is 11.8 Å². The quantitative estimate of drug-likeness (QED) is 0.321. The first-order chi connectivity index (χ1) is 20.4. The first-order valence-electron chi connectivity index (χ1n) is 13.8. The molecule has 4 rings (SSSR count). The molecule has 3 aromatic rings. The molecule has 2 aromatic carbocycles. The molecule has 0 aliphatic carbocycles. The number of ether oxygens (including phenoxy) is 3. The normalized spacial score (nSPS) is 13.0. The zero-order valence-electron chi connectivity index (χ0n) is 24.2. The maximum Gasteiger partial charge on any atom is 0.254 e. The third kappa shape index (κ3) is 8.20. The molecule has 1 fully saturated rings. The fourth-order valence-corrected chi connectivity index (χ4v) is 5.33. The number of piperazine rings is 1. The van der Waals surface area contributed by atoms with Crippen LogP contribution < -0.4 is 19.7 Å². The highest BCUT2D eigenvalue weighted by atomic mass is 32.1. The Labute approximate surface area is 250 Å². The predicted molar refractivity (Wildman–Crippen MR) is 162 cm³/mol. The summed E-state index contributed by atoms with van der Waals surface area (Å²) in [6.07, 6.45) is 0.151. The fraction of sp³-hybridized carbons (Fsp3) is 0.400. The van der Waals surface area contributed by atoms with E-state index in [0.29, 0.717) is 54.9 Å². The average molecular weight is 596 g/mol. The fourth-order valence-electron chi connectivity index (χ4n) is 4.61. The van der Waals surface area contributed by atoms with Gasteiger partial charge in [0.05, 0.1) is 38.1 Å². The summed E-state index contributed by atoms with van der Waals surface area (Å²) in [7, 11) is 3.09. The summed E-state index contributed by atoms with van der Waals surface area (Å²) in [6, 6.07) is 14.7. The Morgan fingerprint density at radius 1 is 1.02 bits per heavy atom. The number of rotatable bonds is 13.